The van der Waals surface area contributed by atoms with E-state index in [1.165, 1.54) is 16.4 Å². The van der Waals surface area contributed by atoms with Gasteiger partial charge >= 0.3 is 0 Å². The number of sulfonamides is 1. The zero-order valence-corrected chi connectivity index (χ0v) is 21.5. The monoisotopic (exact) mass is 511 g/mol. The molecule has 0 fully saturated rings. The van der Waals surface area contributed by atoms with Crippen molar-refractivity contribution in [3.8, 4) is 0 Å². The Balaban J connectivity index is 1.51. The highest BCUT2D eigenvalue weighted by Gasteiger charge is 2.27. The van der Waals surface area contributed by atoms with Gasteiger partial charge in [0.25, 0.3) is 5.91 Å². The summed E-state index contributed by atoms with van der Waals surface area (Å²) in [5.41, 5.74) is 2.86. The maximum Gasteiger partial charge on any atom is 0.255 e. The van der Waals surface area contributed by atoms with Crippen LogP contribution in [0.4, 0.5) is 5.69 Å². The molecule has 176 valence electrons. The van der Waals surface area contributed by atoms with Crippen molar-refractivity contribution >= 4 is 54.9 Å². The van der Waals surface area contributed by atoms with Crippen molar-refractivity contribution in [1.82, 2.24) is 9.29 Å². The first-order chi connectivity index (χ1) is 16.3. The van der Waals surface area contributed by atoms with E-state index in [9.17, 15) is 13.2 Å². The molecule has 1 N–H and O–H groups in total. The summed E-state index contributed by atoms with van der Waals surface area (Å²) in [4.78, 5) is 17.4. The van der Waals surface area contributed by atoms with Gasteiger partial charge in [0, 0.05) is 23.8 Å². The summed E-state index contributed by atoms with van der Waals surface area (Å²) >= 11 is 3.16. The summed E-state index contributed by atoms with van der Waals surface area (Å²) in [6.45, 7) is 3.98. The van der Waals surface area contributed by atoms with E-state index >= 15 is 0 Å². The van der Waals surface area contributed by atoms with Crippen molar-refractivity contribution in [2.24, 2.45) is 0 Å². The molecule has 1 aromatic heterocycles. The quantitative estimate of drug-likeness (QED) is 0.299. The summed E-state index contributed by atoms with van der Waals surface area (Å²) in [6.07, 6.45) is 1.98. The second kappa shape index (κ2) is 10.3. The number of benzene rings is 3. The largest absolute Gasteiger partial charge is 0.322 e. The number of hydrogen-bond acceptors (Lipinski definition) is 6. The maximum atomic E-state index is 13.3. The van der Waals surface area contributed by atoms with Crippen molar-refractivity contribution in [2.45, 2.75) is 35.7 Å². The van der Waals surface area contributed by atoms with E-state index in [1.807, 2.05) is 68.6 Å². The molecule has 4 rings (SSSR count). The van der Waals surface area contributed by atoms with Crippen LogP contribution in [0.2, 0.25) is 0 Å². The standard InChI is InChI=1S/C25H25N3O3S3/c1-17(2)28(16-18-7-5-4-6-8-18)34(30,31)21-12-9-19(10-13-21)24(29)26-20-11-14-22-23(15-20)33-25(27-22)32-3/h4-15,17H,16H2,1-3H3,(H,26,29). The molecule has 0 aliphatic carbocycles. The lowest BCUT2D eigenvalue weighted by molar-refractivity contribution is 0.102. The molecule has 6 nitrogen and oxygen atoms in total. The number of fused-ring (bicyclic) bond motifs is 1. The molecule has 0 aliphatic rings. The predicted molar refractivity (Wildman–Crippen MR) is 140 cm³/mol. The summed E-state index contributed by atoms with van der Waals surface area (Å²) < 4.78 is 30.1. The lowest BCUT2D eigenvalue weighted by Gasteiger charge is -2.26. The Morgan fingerprint density at radius 2 is 1.76 bits per heavy atom. The van der Waals surface area contributed by atoms with E-state index in [2.05, 4.69) is 10.3 Å². The Labute approximate surface area is 208 Å². The average molecular weight is 512 g/mol. The molecule has 1 heterocycles. The highest BCUT2D eigenvalue weighted by atomic mass is 32.2. The fraction of sp³-hybridized carbons (Fsp3) is 0.200. The van der Waals surface area contributed by atoms with Crippen LogP contribution in [0.15, 0.2) is 82.0 Å². The van der Waals surface area contributed by atoms with Gasteiger partial charge < -0.3 is 5.32 Å². The third-order valence-corrected chi connectivity index (χ3v) is 9.32. The highest BCUT2D eigenvalue weighted by molar-refractivity contribution is 8.00. The van der Waals surface area contributed by atoms with E-state index in [0.717, 1.165) is 20.1 Å². The van der Waals surface area contributed by atoms with Crippen LogP contribution in [-0.4, -0.2) is 35.9 Å². The second-order valence-electron chi connectivity index (χ2n) is 7.97. The Morgan fingerprint density at radius 1 is 1.06 bits per heavy atom. The molecule has 0 aliphatic heterocycles. The van der Waals surface area contributed by atoms with Crippen LogP contribution in [0.1, 0.15) is 29.8 Å². The van der Waals surface area contributed by atoms with E-state index in [-0.39, 0.29) is 23.4 Å². The van der Waals surface area contributed by atoms with Crippen LogP contribution in [-0.2, 0) is 16.6 Å². The molecule has 3 aromatic carbocycles. The topological polar surface area (TPSA) is 79.4 Å². The van der Waals surface area contributed by atoms with Gasteiger partial charge in [-0.3, -0.25) is 4.79 Å². The number of nitrogens with zero attached hydrogens (tertiary/aromatic N) is 2. The van der Waals surface area contributed by atoms with Crippen molar-refractivity contribution in [3.05, 3.63) is 83.9 Å². The van der Waals surface area contributed by atoms with E-state index < -0.39 is 10.0 Å². The van der Waals surface area contributed by atoms with Crippen LogP contribution >= 0.6 is 23.1 Å². The van der Waals surface area contributed by atoms with Gasteiger partial charge in [-0.1, -0.05) is 42.1 Å². The first-order valence-corrected chi connectivity index (χ1v) is 14.2. The van der Waals surface area contributed by atoms with Gasteiger partial charge in [-0.15, -0.1) is 11.3 Å². The number of thioether (sulfide) groups is 1. The summed E-state index contributed by atoms with van der Waals surface area (Å²) in [5.74, 6) is -0.303. The maximum absolute atomic E-state index is 13.3. The normalized spacial score (nSPS) is 11.9. The smallest absolute Gasteiger partial charge is 0.255 e. The SMILES string of the molecule is CSc1nc2ccc(NC(=O)c3ccc(S(=O)(=O)N(Cc4ccccc4)C(C)C)cc3)cc2s1. The van der Waals surface area contributed by atoms with Gasteiger partial charge in [-0.05, 0) is 68.1 Å². The third kappa shape index (κ3) is 5.33. The molecule has 34 heavy (non-hydrogen) atoms. The van der Waals surface area contributed by atoms with E-state index in [0.29, 0.717) is 11.3 Å². The van der Waals surface area contributed by atoms with Gasteiger partial charge in [-0.2, -0.15) is 4.31 Å². The molecule has 1 amide bonds. The fourth-order valence-electron chi connectivity index (χ4n) is 3.49. The number of carbonyl (C=O) groups excluding carboxylic acids is 1. The summed E-state index contributed by atoms with van der Waals surface area (Å²) in [7, 11) is -3.73. The van der Waals surface area contributed by atoms with Crippen LogP contribution in [0.5, 0.6) is 0 Å². The van der Waals surface area contributed by atoms with Crippen molar-refractivity contribution in [3.63, 3.8) is 0 Å². The zero-order valence-electron chi connectivity index (χ0n) is 19.1. The van der Waals surface area contributed by atoms with E-state index in [4.69, 9.17) is 0 Å². The van der Waals surface area contributed by atoms with Crippen LogP contribution < -0.4 is 5.32 Å². The van der Waals surface area contributed by atoms with Crippen LogP contribution in [0, 0.1) is 0 Å². The predicted octanol–water partition coefficient (Wildman–Crippen LogP) is 5.87. The number of anilines is 1. The number of thiazole rings is 1. The molecule has 0 bridgehead atoms. The number of rotatable bonds is 8. The zero-order chi connectivity index (χ0) is 24.3. The molecule has 0 saturated carbocycles. The first kappa shape index (κ1) is 24.4. The third-order valence-electron chi connectivity index (χ3n) is 5.28. The molecule has 9 heteroatoms. The lowest BCUT2D eigenvalue weighted by atomic mass is 10.2. The highest BCUT2D eigenvalue weighted by Crippen LogP contribution is 2.30. The Morgan fingerprint density at radius 3 is 2.41 bits per heavy atom. The molecule has 0 spiro atoms. The van der Waals surface area contributed by atoms with E-state index in [1.54, 1.807) is 35.2 Å². The lowest BCUT2D eigenvalue weighted by Crippen LogP contribution is -2.36. The van der Waals surface area contributed by atoms with Gasteiger partial charge in [-0.25, -0.2) is 13.4 Å². The molecular formula is C25H25N3O3S3. The molecule has 4 aromatic rings. The molecule has 0 saturated heterocycles. The molecule has 0 unspecified atom stereocenters. The minimum absolute atomic E-state index is 0.157. The number of aromatic nitrogens is 1. The fourth-order valence-corrected chi connectivity index (χ4v) is 6.65. The van der Waals surface area contributed by atoms with Crippen molar-refractivity contribution < 1.29 is 13.2 Å². The van der Waals surface area contributed by atoms with Gasteiger partial charge in [0.2, 0.25) is 10.0 Å². The molecule has 0 radical (unpaired) electrons. The van der Waals surface area contributed by atoms with Crippen molar-refractivity contribution in [1.29, 1.82) is 0 Å². The van der Waals surface area contributed by atoms with Crippen molar-refractivity contribution in [2.75, 3.05) is 11.6 Å². The van der Waals surface area contributed by atoms with Crippen LogP contribution in [0.25, 0.3) is 10.2 Å². The minimum atomic E-state index is -3.73. The Hall–Kier alpha value is -2.72. The first-order valence-electron chi connectivity index (χ1n) is 10.7. The average Bonchev–Trinajstić information content (AvgIpc) is 3.25. The number of amides is 1. The molecular weight excluding hydrogens is 486 g/mol. The number of carbonyl (C=O) groups is 1. The van der Waals surface area contributed by atoms with Crippen LogP contribution in [0.3, 0.4) is 0 Å². The minimum Gasteiger partial charge on any atom is -0.322 e. The molecule has 0 atom stereocenters. The second-order valence-corrected chi connectivity index (χ2v) is 11.9. The summed E-state index contributed by atoms with van der Waals surface area (Å²) in [6, 6.07) is 20.9. The summed E-state index contributed by atoms with van der Waals surface area (Å²) in [5, 5.41) is 2.88. The van der Waals surface area contributed by atoms with Gasteiger partial charge in [0.15, 0.2) is 4.34 Å². The Kier molecular flexibility index (Phi) is 7.37. The Bertz CT molecular complexity index is 1400. The number of nitrogens with one attached hydrogen (secondary N) is 1. The van der Waals surface area contributed by atoms with Gasteiger partial charge in [0.05, 0.1) is 15.1 Å². The number of hydrogen-bond donors (Lipinski definition) is 1. The van der Waals surface area contributed by atoms with Gasteiger partial charge in [0.1, 0.15) is 0 Å².